The molecular formula is C13H16N2O2. The first-order valence-corrected chi connectivity index (χ1v) is 5.62. The Morgan fingerprint density at radius 3 is 2.76 bits per heavy atom. The first-order chi connectivity index (χ1) is 8.19. The molecule has 0 saturated heterocycles. The minimum Gasteiger partial charge on any atom is -0.497 e. The smallest absolute Gasteiger partial charge is 0.142 e. The Morgan fingerprint density at radius 2 is 2.24 bits per heavy atom. The number of nitrogens with two attached hydrogens (primary N) is 1. The van der Waals surface area contributed by atoms with Gasteiger partial charge in [-0.05, 0) is 25.0 Å². The van der Waals surface area contributed by atoms with Gasteiger partial charge in [-0.3, -0.25) is 0 Å². The number of hydrogen-bond donors (Lipinski definition) is 1. The fourth-order valence-corrected chi connectivity index (χ4v) is 1.73. The van der Waals surface area contributed by atoms with Crippen LogP contribution >= 0.6 is 0 Å². The van der Waals surface area contributed by atoms with Gasteiger partial charge in [-0.1, -0.05) is 0 Å². The van der Waals surface area contributed by atoms with Gasteiger partial charge in [-0.2, -0.15) is 5.26 Å². The molecule has 1 aliphatic carbocycles. The van der Waals surface area contributed by atoms with Crippen molar-refractivity contribution in [1.82, 2.24) is 0 Å². The summed E-state index contributed by atoms with van der Waals surface area (Å²) >= 11 is 0. The Bertz CT molecular complexity index is 447. The third kappa shape index (κ3) is 2.62. The molecule has 90 valence electrons. The lowest BCUT2D eigenvalue weighted by atomic mass is 10.1. The van der Waals surface area contributed by atoms with E-state index in [9.17, 15) is 0 Å². The molecule has 0 spiro atoms. The van der Waals surface area contributed by atoms with Gasteiger partial charge in [-0.15, -0.1) is 0 Å². The topological polar surface area (TPSA) is 68.3 Å². The van der Waals surface area contributed by atoms with E-state index < -0.39 is 0 Å². The van der Waals surface area contributed by atoms with Crippen LogP contribution in [0.3, 0.4) is 0 Å². The number of anilines is 1. The van der Waals surface area contributed by atoms with Crippen LogP contribution in [-0.2, 0) is 0 Å². The van der Waals surface area contributed by atoms with Crippen molar-refractivity contribution in [3.05, 3.63) is 18.2 Å². The van der Waals surface area contributed by atoms with Crippen LogP contribution in [0.2, 0.25) is 0 Å². The molecule has 0 bridgehead atoms. The van der Waals surface area contributed by atoms with Crippen LogP contribution < -0.4 is 15.2 Å². The number of rotatable bonds is 5. The zero-order valence-electron chi connectivity index (χ0n) is 9.90. The lowest BCUT2D eigenvalue weighted by Gasteiger charge is -2.14. The maximum Gasteiger partial charge on any atom is 0.142 e. The maximum absolute atomic E-state index is 8.72. The quantitative estimate of drug-likeness (QED) is 0.791. The molecule has 17 heavy (non-hydrogen) atoms. The molecule has 0 unspecified atom stereocenters. The second-order valence-electron chi connectivity index (χ2n) is 4.53. The fraction of sp³-hybridized carbons (Fsp3) is 0.462. The Kier molecular flexibility index (Phi) is 3.10. The number of hydrogen-bond acceptors (Lipinski definition) is 4. The van der Waals surface area contributed by atoms with Gasteiger partial charge >= 0.3 is 0 Å². The SMILES string of the molecule is COc1ccc(OCC2(CC#N)CC2)c(N)c1. The van der Waals surface area contributed by atoms with Crippen LogP contribution in [0.15, 0.2) is 18.2 Å². The minimum atomic E-state index is 0.0706. The zero-order chi connectivity index (χ0) is 12.3. The third-order valence-corrected chi connectivity index (χ3v) is 3.16. The molecular weight excluding hydrogens is 216 g/mol. The highest BCUT2D eigenvalue weighted by atomic mass is 16.5. The van der Waals surface area contributed by atoms with Crippen molar-refractivity contribution in [1.29, 1.82) is 5.26 Å². The summed E-state index contributed by atoms with van der Waals surface area (Å²) in [4.78, 5) is 0. The van der Waals surface area contributed by atoms with Crippen molar-refractivity contribution in [3.8, 4) is 17.6 Å². The molecule has 2 rings (SSSR count). The fourth-order valence-electron chi connectivity index (χ4n) is 1.73. The van der Waals surface area contributed by atoms with E-state index in [-0.39, 0.29) is 5.41 Å². The van der Waals surface area contributed by atoms with Crippen LogP contribution in [0, 0.1) is 16.7 Å². The lowest BCUT2D eigenvalue weighted by Crippen LogP contribution is -2.13. The van der Waals surface area contributed by atoms with E-state index in [1.807, 2.05) is 6.07 Å². The van der Waals surface area contributed by atoms with E-state index in [1.54, 1.807) is 19.2 Å². The molecule has 1 aliphatic rings. The van der Waals surface area contributed by atoms with E-state index in [0.29, 0.717) is 30.2 Å². The number of nitrogens with zero attached hydrogens (tertiary/aromatic N) is 1. The summed E-state index contributed by atoms with van der Waals surface area (Å²) in [7, 11) is 1.60. The van der Waals surface area contributed by atoms with Crippen LogP contribution in [-0.4, -0.2) is 13.7 Å². The Morgan fingerprint density at radius 1 is 1.47 bits per heavy atom. The third-order valence-electron chi connectivity index (χ3n) is 3.16. The first-order valence-electron chi connectivity index (χ1n) is 5.62. The largest absolute Gasteiger partial charge is 0.497 e. The van der Waals surface area contributed by atoms with E-state index in [2.05, 4.69) is 6.07 Å². The van der Waals surface area contributed by atoms with Gasteiger partial charge in [0.15, 0.2) is 0 Å². The summed E-state index contributed by atoms with van der Waals surface area (Å²) in [5.74, 6) is 1.38. The summed E-state index contributed by atoms with van der Waals surface area (Å²) in [6.45, 7) is 0.567. The van der Waals surface area contributed by atoms with Gasteiger partial charge in [0.1, 0.15) is 11.5 Å². The highest BCUT2D eigenvalue weighted by Crippen LogP contribution is 2.49. The zero-order valence-corrected chi connectivity index (χ0v) is 9.90. The summed E-state index contributed by atoms with van der Waals surface area (Å²) < 4.78 is 10.8. The summed E-state index contributed by atoms with van der Waals surface area (Å²) in [6.07, 6.45) is 2.69. The van der Waals surface area contributed by atoms with Crippen molar-refractivity contribution in [2.45, 2.75) is 19.3 Å². The highest BCUT2D eigenvalue weighted by molar-refractivity contribution is 5.56. The summed E-state index contributed by atoms with van der Waals surface area (Å²) in [5.41, 5.74) is 6.49. The van der Waals surface area contributed by atoms with Gasteiger partial charge in [0.2, 0.25) is 0 Å². The number of nitriles is 1. The van der Waals surface area contributed by atoms with Crippen LogP contribution in [0.25, 0.3) is 0 Å². The van der Waals surface area contributed by atoms with Crippen molar-refractivity contribution >= 4 is 5.69 Å². The average Bonchev–Trinajstić information content (AvgIpc) is 3.08. The molecule has 1 aromatic rings. The molecule has 2 N–H and O–H groups in total. The number of benzene rings is 1. The molecule has 0 aliphatic heterocycles. The van der Waals surface area contributed by atoms with Crippen LogP contribution in [0.4, 0.5) is 5.69 Å². The van der Waals surface area contributed by atoms with Gasteiger partial charge in [-0.25, -0.2) is 0 Å². The Labute approximate surface area is 101 Å². The van der Waals surface area contributed by atoms with Gasteiger partial charge < -0.3 is 15.2 Å². The minimum absolute atomic E-state index is 0.0706. The molecule has 1 fully saturated rings. The number of nitrogen functional groups attached to an aromatic ring is 1. The molecule has 1 aromatic carbocycles. The van der Waals surface area contributed by atoms with Crippen molar-refractivity contribution in [2.75, 3.05) is 19.5 Å². The van der Waals surface area contributed by atoms with E-state index >= 15 is 0 Å². The molecule has 0 atom stereocenters. The van der Waals surface area contributed by atoms with Crippen LogP contribution in [0.5, 0.6) is 11.5 Å². The lowest BCUT2D eigenvalue weighted by molar-refractivity contribution is 0.238. The second-order valence-corrected chi connectivity index (χ2v) is 4.53. The predicted molar refractivity (Wildman–Crippen MR) is 64.8 cm³/mol. The average molecular weight is 232 g/mol. The normalized spacial score (nSPS) is 16.0. The highest BCUT2D eigenvalue weighted by Gasteiger charge is 2.43. The molecule has 0 amide bonds. The van der Waals surface area contributed by atoms with E-state index in [0.717, 1.165) is 12.8 Å². The molecule has 0 radical (unpaired) electrons. The molecule has 1 saturated carbocycles. The van der Waals surface area contributed by atoms with Crippen molar-refractivity contribution in [2.24, 2.45) is 5.41 Å². The standard InChI is InChI=1S/C13H16N2O2/c1-16-10-2-3-12(11(15)8-10)17-9-13(4-5-13)6-7-14/h2-3,8H,4-6,9,15H2,1H3. The molecule has 0 aromatic heterocycles. The Balaban J connectivity index is 1.98. The maximum atomic E-state index is 8.72. The van der Waals surface area contributed by atoms with Crippen molar-refractivity contribution in [3.63, 3.8) is 0 Å². The van der Waals surface area contributed by atoms with Gasteiger partial charge in [0.25, 0.3) is 0 Å². The molecule has 4 heteroatoms. The summed E-state index contributed by atoms with van der Waals surface area (Å²) in [6, 6.07) is 7.56. The molecule has 4 nitrogen and oxygen atoms in total. The molecule has 0 heterocycles. The van der Waals surface area contributed by atoms with Crippen LogP contribution in [0.1, 0.15) is 19.3 Å². The van der Waals surface area contributed by atoms with Gasteiger partial charge in [0, 0.05) is 17.9 Å². The summed E-state index contributed by atoms with van der Waals surface area (Å²) in [5, 5.41) is 8.72. The first kappa shape index (κ1) is 11.6. The number of ether oxygens (including phenoxy) is 2. The number of methoxy groups -OCH3 is 1. The predicted octanol–water partition coefficient (Wildman–Crippen LogP) is 2.35. The second kappa shape index (κ2) is 4.54. The van der Waals surface area contributed by atoms with E-state index in [4.69, 9.17) is 20.5 Å². The monoisotopic (exact) mass is 232 g/mol. The van der Waals surface area contributed by atoms with E-state index in [1.165, 1.54) is 0 Å². The Hall–Kier alpha value is -1.89. The van der Waals surface area contributed by atoms with Crippen molar-refractivity contribution < 1.29 is 9.47 Å². The van der Waals surface area contributed by atoms with Gasteiger partial charge in [0.05, 0.1) is 25.5 Å².